The molecule has 0 radical (unpaired) electrons. The maximum atomic E-state index is 12.5. The van der Waals surface area contributed by atoms with E-state index in [9.17, 15) is 13.2 Å². The number of rotatable bonds is 7. The second-order valence-corrected chi connectivity index (χ2v) is 11.4. The summed E-state index contributed by atoms with van der Waals surface area (Å²) in [7, 11) is -2.42. The number of hydrogen-bond donors (Lipinski definition) is 1. The molecule has 4 aromatic rings. The fourth-order valence-corrected chi connectivity index (χ4v) is 6.43. The number of halogens is 1. The van der Waals surface area contributed by atoms with Crippen LogP contribution in [0.3, 0.4) is 0 Å². The number of fused-ring (bicyclic) bond motifs is 1. The molecule has 4 rings (SSSR count). The zero-order chi connectivity index (χ0) is 21.3. The second-order valence-electron chi connectivity index (χ2n) is 6.35. The molecule has 0 atom stereocenters. The topological polar surface area (TPSA) is 92.5 Å². The van der Waals surface area contributed by atoms with Gasteiger partial charge in [-0.05, 0) is 36.4 Å². The fraction of sp³-hybridized carbons (Fsp3) is 0.158. The van der Waals surface area contributed by atoms with Gasteiger partial charge in [0.25, 0.3) is 10.0 Å². The Balaban J connectivity index is 1.36. The van der Waals surface area contributed by atoms with Crippen molar-refractivity contribution in [2.24, 2.45) is 0 Å². The molecule has 0 saturated carbocycles. The highest BCUT2D eigenvalue weighted by Gasteiger charge is 2.24. The highest BCUT2D eigenvalue weighted by atomic mass is 35.5. The third kappa shape index (κ3) is 4.42. The van der Waals surface area contributed by atoms with Crippen LogP contribution in [-0.2, 0) is 21.4 Å². The van der Waals surface area contributed by atoms with Crippen molar-refractivity contribution in [3.05, 3.63) is 58.6 Å². The van der Waals surface area contributed by atoms with Gasteiger partial charge in [-0.3, -0.25) is 4.79 Å². The lowest BCUT2D eigenvalue weighted by molar-refractivity contribution is -0.121. The Bertz CT molecular complexity index is 1280. The quantitative estimate of drug-likeness (QED) is 0.427. The van der Waals surface area contributed by atoms with Crippen LogP contribution in [0.25, 0.3) is 21.0 Å². The van der Waals surface area contributed by atoms with Crippen molar-refractivity contribution in [2.75, 3.05) is 13.6 Å². The van der Waals surface area contributed by atoms with Gasteiger partial charge in [0, 0.05) is 7.05 Å². The number of sulfonamides is 1. The van der Waals surface area contributed by atoms with Crippen molar-refractivity contribution >= 4 is 60.4 Å². The van der Waals surface area contributed by atoms with Crippen molar-refractivity contribution in [3.8, 4) is 10.8 Å². The van der Waals surface area contributed by atoms with Crippen molar-refractivity contribution in [1.82, 2.24) is 14.6 Å². The van der Waals surface area contributed by atoms with E-state index in [4.69, 9.17) is 16.0 Å². The molecule has 11 heteroatoms. The van der Waals surface area contributed by atoms with Crippen LogP contribution in [0.5, 0.6) is 0 Å². The number of carbonyl (C=O) groups excluding carboxylic acids is 1. The lowest BCUT2D eigenvalue weighted by atomic mass is 10.3. The minimum Gasteiger partial charge on any atom is -0.457 e. The van der Waals surface area contributed by atoms with Gasteiger partial charge in [-0.25, -0.2) is 13.4 Å². The van der Waals surface area contributed by atoms with Crippen molar-refractivity contribution in [3.63, 3.8) is 0 Å². The molecule has 0 unspecified atom stereocenters. The highest BCUT2D eigenvalue weighted by molar-refractivity contribution is 7.91. The zero-order valence-electron chi connectivity index (χ0n) is 15.7. The Morgan fingerprint density at radius 3 is 2.70 bits per heavy atom. The average molecular weight is 482 g/mol. The van der Waals surface area contributed by atoms with E-state index in [0.29, 0.717) is 15.9 Å². The number of thiazole rings is 1. The first kappa shape index (κ1) is 21.0. The minimum atomic E-state index is -3.76. The Kier molecular flexibility index (Phi) is 5.94. The average Bonchev–Trinajstić information content (AvgIpc) is 3.45. The SMILES string of the molecule is CN(CC(=O)NCc1ccc(-c2nc3ccccc3s2)o1)S(=O)(=O)c1ccc(Cl)s1. The van der Waals surface area contributed by atoms with Gasteiger partial charge in [-0.1, -0.05) is 23.7 Å². The van der Waals surface area contributed by atoms with Crippen LogP contribution >= 0.6 is 34.3 Å². The first-order valence-corrected chi connectivity index (χ1v) is 12.2. The zero-order valence-corrected chi connectivity index (χ0v) is 18.9. The molecule has 0 aliphatic heterocycles. The first-order chi connectivity index (χ1) is 14.3. The van der Waals surface area contributed by atoms with Gasteiger partial charge in [0.1, 0.15) is 9.97 Å². The fourth-order valence-electron chi connectivity index (χ4n) is 2.68. The molecule has 156 valence electrons. The number of nitrogens with zero attached hydrogens (tertiary/aromatic N) is 2. The van der Waals surface area contributed by atoms with E-state index in [0.717, 1.165) is 30.9 Å². The van der Waals surface area contributed by atoms with Crippen molar-refractivity contribution in [2.45, 2.75) is 10.8 Å². The molecule has 0 aliphatic rings. The maximum Gasteiger partial charge on any atom is 0.252 e. The number of thiophene rings is 1. The van der Waals surface area contributed by atoms with Crippen LogP contribution in [0, 0.1) is 0 Å². The van der Waals surface area contributed by atoms with E-state index < -0.39 is 15.9 Å². The number of likely N-dealkylation sites (N-methyl/N-ethyl adjacent to an activating group) is 1. The molecule has 0 fully saturated rings. The molecule has 0 saturated heterocycles. The lowest BCUT2D eigenvalue weighted by Crippen LogP contribution is -2.37. The second kappa shape index (κ2) is 8.48. The smallest absolute Gasteiger partial charge is 0.252 e. The molecule has 3 aromatic heterocycles. The van der Waals surface area contributed by atoms with Gasteiger partial charge < -0.3 is 9.73 Å². The van der Waals surface area contributed by atoms with Crippen LogP contribution < -0.4 is 5.32 Å². The third-order valence-corrected chi connectivity index (χ3v) is 8.76. The number of nitrogens with one attached hydrogen (secondary N) is 1. The van der Waals surface area contributed by atoms with E-state index in [2.05, 4.69) is 10.3 Å². The summed E-state index contributed by atoms with van der Waals surface area (Å²) < 4.78 is 33.2. The Morgan fingerprint density at radius 2 is 1.97 bits per heavy atom. The number of hydrogen-bond acceptors (Lipinski definition) is 7. The minimum absolute atomic E-state index is 0.0920. The number of benzene rings is 1. The summed E-state index contributed by atoms with van der Waals surface area (Å²) >= 11 is 8.28. The largest absolute Gasteiger partial charge is 0.457 e. The van der Waals surface area contributed by atoms with Crippen molar-refractivity contribution in [1.29, 1.82) is 0 Å². The van der Waals surface area contributed by atoms with Gasteiger partial charge in [-0.2, -0.15) is 4.31 Å². The summed E-state index contributed by atoms with van der Waals surface area (Å²) in [6, 6.07) is 14.3. The van der Waals surface area contributed by atoms with Gasteiger partial charge in [0.15, 0.2) is 10.8 Å². The summed E-state index contributed by atoms with van der Waals surface area (Å²) in [4.78, 5) is 16.8. The number of furan rings is 1. The van der Waals surface area contributed by atoms with Gasteiger partial charge in [-0.15, -0.1) is 22.7 Å². The monoisotopic (exact) mass is 481 g/mol. The summed E-state index contributed by atoms with van der Waals surface area (Å²) in [5, 5.41) is 3.43. The van der Waals surface area contributed by atoms with E-state index in [1.54, 1.807) is 12.1 Å². The molecule has 7 nitrogen and oxygen atoms in total. The van der Waals surface area contributed by atoms with Crippen molar-refractivity contribution < 1.29 is 17.6 Å². The highest BCUT2D eigenvalue weighted by Crippen LogP contribution is 2.31. The number of carbonyl (C=O) groups is 1. The van der Waals surface area contributed by atoms with Gasteiger partial charge in [0.05, 0.1) is 27.6 Å². The summed E-state index contributed by atoms with van der Waals surface area (Å²) in [5.74, 6) is 0.726. The standard InChI is InChI=1S/C19H16ClN3O4S3/c1-23(30(25,26)18-9-8-16(20)29-18)11-17(24)21-10-12-6-7-14(27-12)19-22-13-4-2-3-5-15(13)28-19/h2-9H,10-11H2,1H3,(H,21,24). The van der Waals surface area contributed by atoms with Crippen LogP contribution in [0.1, 0.15) is 5.76 Å². The molecule has 3 heterocycles. The Labute approximate surface area is 186 Å². The predicted molar refractivity (Wildman–Crippen MR) is 118 cm³/mol. The molecule has 0 aliphatic carbocycles. The van der Waals surface area contributed by atoms with Crippen LogP contribution in [0.15, 0.2) is 57.2 Å². The summed E-state index contributed by atoms with van der Waals surface area (Å²) in [5.41, 5.74) is 0.903. The molecule has 1 aromatic carbocycles. The molecular formula is C19H16ClN3O4S3. The number of para-hydroxylation sites is 1. The third-order valence-electron chi connectivity index (χ3n) is 4.21. The summed E-state index contributed by atoms with van der Waals surface area (Å²) in [6.45, 7) is -0.175. The van der Waals surface area contributed by atoms with E-state index in [1.165, 1.54) is 30.5 Å². The predicted octanol–water partition coefficient (Wildman–Crippen LogP) is 4.21. The van der Waals surface area contributed by atoms with Crippen LogP contribution in [-0.4, -0.2) is 37.2 Å². The van der Waals surface area contributed by atoms with Crippen LogP contribution in [0.4, 0.5) is 0 Å². The van der Waals surface area contributed by atoms with Crippen LogP contribution in [0.2, 0.25) is 4.34 Å². The first-order valence-electron chi connectivity index (χ1n) is 8.76. The van der Waals surface area contributed by atoms with E-state index in [1.807, 2.05) is 24.3 Å². The molecule has 1 N–H and O–H groups in total. The molecule has 1 amide bonds. The van der Waals surface area contributed by atoms with Gasteiger partial charge >= 0.3 is 0 Å². The molecule has 0 bridgehead atoms. The Morgan fingerprint density at radius 1 is 1.17 bits per heavy atom. The molecule has 0 spiro atoms. The lowest BCUT2D eigenvalue weighted by Gasteiger charge is -2.15. The number of aromatic nitrogens is 1. The Hall–Kier alpha value is -2.24. The van der Waals surface area contributed by atoms with E-state index >= 15 is 0 Å². The van der Waals surface area contributed by atoms with E-state index in [-0.39, 0.29) is 17.3 Å². The summed E-state index contributed by atoms with van der Waals surface area (Å²) in [6.07, 6.45) is 0. The normalized spacial score (nSPS) is 12.0. The molecular weight excluding hydrogens is 466 g/mol. The number of amides is 1. The maximum absolute atomic E-state index is 12.5. The van der Waals surface area contributed by atoms with Gasteiger partial charge in [0.2, 0.25) is 5.91 Å². The molecule has 30 heavy (non-hydrogen) atoms.